The zero-order valence-corrected chi connectivity index (χ0v) is 6.77. The Morgan fingerprint density at radius 2 is 2.00 bits per heavy atom. The van der Waals surface area contributed by atoms with Gasteiger partial charge >= 0.3 is 5.97 Å². The largest absolute Gasteiger partial charge is 0.508 e. The van der Waals surface area contributed by atoms with Gasteiger partial charge in [-0.15, -0.1) is 0 Å². The van der Waals surface area contributed by atoms with E-state index in [1.165, 1.54) is 24.3 Å². The highest BCUT2D eigenvalue weighted by atomic mass is 17.2. The smallest absolute Gasteiger partial charge is 0.378 e. The first-order chi connectivity index (χ1) is 6.22. The lowest BCUT2D eigenvalue weighted by molar-refractivity contribution is -0.207. The van der Waals surface area contributed by atoms with Crippen LogP contribution in [-0.2, 0) is 9.68 Å². The molecule has 0 spiro atoms. The first-order valence-electron chi connectivity index (χ1n) is 3.52. The predicted octanol–water partition coefficient (Wildman–Crippen LogP) is 1.42. The van der Waals surface area contributed by atoms with E-state index in [9.17, 15) is 4.79 Å². The van der Waals surface area contributed by atoms with Crippen LogP contribution in [0, 0.1) is 0 Å². The second-order valence-corrected chi connectivity index (χ2v) is 2.18. The maximum Gasteiger partial charge on any atom is 0.378 e. The molecule has 0 bridgehead atoms. The van der Waals surface area contributed by atoms with Gasteiger partial charge in [-0.3, -0.25) is 4.89 Å². The van der Waals surface area contributed by atoms with E-state index in [1.807, 2.05) is 0 Å². The predicted molar refractivity (Wildman–Crippen MR) is 45.0 cm³/mol. The number of phenolic OH excluding ortho intramolecular Hbond substituents is 1. The minimum atomic E-state index is -0.673. The molecule has 0 aliphatic carbocycles. The van der Waals surface area contributed by atoms with Crippen molar-refractivity contribution in [2.24, 2.45) is 0 Å². The van der Waals surface area contributed by atoms with E-state index in [4.69, 9.17) is 5.11 Å². The Bertz CT molecular complexity index is 302. The Labute approximate surface area is 74.9 Å². The van der Waals surface area contributed by atoms with Crippen LogP contribution in [0.3, 0.4) is 0 Å². The molecule has 1 N–H and O–H groups in total. The standard InChI is InChI=1S/C9H8O4/c1-2-9(11)13-12-8-5-3-7(10)4-6-8/h2-6,10H,1H2. The summed E-state index contributed by atoms with van der Waals surface area (Å²) in [6, 6.07) is 5.76. The number of carbonyl (C=O) groups is 1. The highest BCUT2D eigenvalue weighted by molar-refractivity contribution is 5.80. The fourth-order valence-corrected chi connectivity index (χ4v) is 0.625. The van der Waals surface area contributed by atoms with E-state index in [0.29, 0.717) is 5.75 Å². The van der Waals surface area contributed by atoms with Gasteiger partial charge in [0.05, 0.1) is 0 Å². The molecule has 0 saturated carbocycles. The van der Waals surface area contributed by atoms with Gasteiger partial charge in [0.1, 0.15) is 5.75 Å². The average Bonchev–Trinajstić information content (AvgIpc) is 2.16. The minimum absolute atomic E-state index is 0.113. The first-order valence-corrected chi connectivity index (χ1v) is 3.52. The van der Waals surface area contributed by atoms with Crippen LogP contribution in [0.5, 0.6) is 11.5 Å². The molecule has 0 unspecified atom stereocenters. The van der Waals surface area contributed by atoms with Crippen molar-refractivity contribution in [3.8, 4) is 11.5 Å². The van der Waals surface area contributed by atoms with Crippen molar-refractivity contribution in [2.45, 2.75) is 0 Å². The molecule has 0 aliphatic heterocycles. The highest BCUT2D eigenvalue weighted by Crippen LogP contribution is 2.15. The molecule has 4 nitrogen and oxygen atoms in total. The van der Waals surface area contributed by atoms with Crippen molar-refractivity contribution in [1.29, 1.82) is 0 Å². The Hall–Kier alpha value is -1.97. The molecule has 13 heavy (non-hydrogen) atoms. The van der Waals surface area contributed by atoms with E-state index in [0.717, 1.165) is 6.08 Å². The lowest BCUT2D eigenvalue weighted by Crippen LogP contribution is -2.03. The molecular formula is C9H8O4. The van der Waals surface area contributed by atoms with Crippen LogP contribution >= 0.6 is 0 Å². The number of phenols is 1. The van der Waals surface area contributed by atoms with E-state index in [-0.39, 0.29) is 5.75 Å². The van der Waals surface area contributed by atoms with Crippen molar-refractivity contribution in [1.82, 2.24) is 0 Å². The highest BCUT2D eigenvalue weighted by Gasteiger charge is 1.98. The zero-order chi connectivity index (χ0) is 9.68. The summed E-state index contributed by atoms with van der Waals surface area (Å²) in [6.45, 7) is 3.19. The summed E-state index contributed by atoms with van der Waals surface area (Å²) >= 11 is 0. The maximum atomic E-state index is 10.5. The maximum absolute atomic E-state index is 10.5. The number of hydrogen-bond donors (Lipinski definition) is 1. The van der Waals surface area contributed by atoms with Crippen molar-refractivity contribution >= 4 is 5.97 Å². The summed E-state index contributed by atoms with van der Waals surface area (Å²) in [4.78, 5) is 19.4. The van der Waals surface area contributed by atoms with Crippen LogP contribution in [0.25, 0.3) is 0 Å². The van der Waals surface area contributed by atoms with Crippen LogP contribution in [0.15, 0.2) is 36.9 Å². The van der Waals surface area contributed by atoms with Gasteiger partial charge in [0.15, 0.2) is 5.75 Å². The summed E-state index contributed by atoms with van der Waals surface area (Å²) in [7, 11) is 0. The Morgan fingerprint density at radius 3 is 2.54 bits per heavy atom. The van der Waals surface area contributed by atoms with E-state index >= 15 is 0 Å². The fourth-order valence-electron chi connectivity index (χ4n) is 0.625. The quantitative estimate of drug-likeness (QED) is 0.434. The molecule has 1 rings (SSSR count). The normalized spacial score (nSPS) is 8.92. The Kier molecular flexibility index (Phi) is 2.92. The molecule has 0 aliphatic rings. The molecule has 68 valence electrons. The number of carbonyl (C=O) groups excluding carboxylic acids is 1. The fraction of sp³-hybridized carbons (Fsp3) is 0. The van der Waals surface area contributed by atoms with Gasteiger partial charge in [-0.25, -0.2) is 9.68 Å². The second kappa shape index (κ2) is 4.15. The van der Waals surface area contributed by atoms with Gasteiger partial charge in [0.2, 0.25) is 0 Å². The van der Waals surface area contributed by atoms with Crippen LogP contribution in [-0.4, -0.2) is 11.1 Å². The molecule has 1 aromatic carbocycles. The second-order valence-electron chi connectivity index (χ2n) is 2.18. The van der Waals surface area contributed by atoms with Crippen molar-refractivity contribution in [3.05, 3.63) is 36.9 Å². The molecule has 0 aromatic heterocycles. The summed E-state index contributed by atoms with van der Waals surface area (Å²) in [5.41, 5.74) is 0. The van der Waals surface area contributed by atoms with Crippen LogP contribution in [0.2, 0.25) is 0 Å². The summed E-state index contributed by atoms with van der Waals surface area (Å²) in [6.07, 6.45) is 0.987. The number of rotatable bonds is 3. The average molecular weight is 180 g/mol. The van der Waals surface area contributed by atoms with E-state index in [2.05, 4.69) is 16.4 Å². The van der Waals surface area contributed by atoms with Gasteiger partial charge in [0.25, 0.3) is 0 Å². The lowest BCUT2D eigenvalue weighted by atomic mass is 10.3. The van der Waals surface area contributed by atoms with Gasteiger partial charge in [-0.05, 0) is 24.3 Å². The SMILES string of the molecule is C=CC(=O)OOc1ccc(O)cc1. The molecule has 4 heteroatoms. The van der Waals surface area contributed by atoms with E-state index < -0.39 is 5.97 Å². The van der Waals surface area contributed by atoms with Gasteiger partial charge in [-0.1, -0.05) is 6.58 Å². The first kappa shape index (κ1) is 9.12. The van der Waals surface area contributed by atoms with Crippen molar-refractivity contribution in [2.75, 3.05) is 0 Å². The summed E-state index contributed by atoms with van der Waals surface area (Å²) < 4.78 is 0. The molecule has 0 atom stereocenters. The molecule has 0 radical (unpaired) electrons. The molecule has 0 amide bonds. The van der Waals surface area contributed by atoms with E-state index in [1.54, 1.807) is 0 Å². The summed E-state index contributed by atoms with van der Waals surface area (Å²) in [5.74, 6) is -0.233. The number of benzene rings is 1. The zero-order valence-electron chi connectivity index (χ0n) is 6.77. The van der Waals surface area contributed by atoms with Gasteiger partial charge in [0, 0.05) is 6.08 Å². The molecule has 0 fully saturated rings. The van der Waals surface area contributed by atoms with Crippen LogP contribution in [0.4, 0.5) is 0 Å². The molecule has 0 heterocycles. The third-order valence-corrected chi connectivity index (χ3v) is 1.22. The Balaban J connectivity index is 2.50. The number of hydrogen-bond acceptors (Lipinski definition) is 4. The number of aromatic hydroxyl groups is 1. The van der Waals surface area contributed by atoms with Crippen LogP contribution in [0.1, 0.15) is 0 Å². The molecule has 0 saturated heterocycles. The third-order valence-electron chi connectivity index (χ3n) is 1.22. The molecular weight excluding hydrogens is 172 g/mol. The molecule has 1 aromatic rings. The topological polar surface area (TPSA) is 55.8 Å². The minimum Gasteiger partial charge on any atom is -0.508 e. The van der Waals surface area contributed by atoms with Crippen LogP contribution < -0.4 is 4.89 Å². The van der Waals surface area contributed by atoms with Crippen molar-refractivity contribution in [3.63, 3.8) is 0 Å². The third kappa shape index (κ3) is 2.86. The summed E-state index contributed by atoms with van der Waals surface area (Å²) in [5, 5.41) is 8.90. The Morgan fingerprint density at radius 1 is 1.38 bits per heavy atom. The lowest BCUT2D eigenvalue weighted by Gasteiger charge is -2.01. The van der Waals surface area contributed by atoms with Crippen molar-refractivity contribution < 1.29 is 19.7 Å². The monoisotopic (exact) mass is 180 g/mol. The van der Waals surface area contributed by atoms with Gasteiger partial charge in [-0.2, -0.15) is 0 Å². The van der Waals surface area contributed by atoms with Gasteiger partial charge < -0.3 is 5.11 Å².